The summed E-state index contributed by atoms with van der Waals surface area (Å²) in [6.07, 6.45) is 1.05. The van der Waals surface area contributed by atoms with E-state index in [1.54, 1.807) is 36.2 Å². The van der Waals surface area contributed by atoms with Gasteiger partial charge in [-0.15, -0.1) is 0 Å². The summed E-state index contributed by atoms with van der Waals surface area (Å²) in [7, 11) is 1.73. The van der Waals surface area contributed by atoms with Gasteiger partial charge in [-0.2, -0.15) is 0 Å². The predicted octanol–water partition coefficient (Wildman–Crippen LogP) is 3.24. The van der Waals surface area contributed by atoms with E-state index in [0.29, 0.717) is 36.6 Å². The van der Waals surface area contributed by atoms with E-state index in [-0.39, 0.29) is 5.91 Å². The average molecular weight is 400 g/mol. The van der Waals surface area contributed by atoms with Gasteiger partial charge in [-0.25, -0.2) is 0 Å². The molecule has 1 aliphatic heterocycles. The minimum atomic E-state index is -0.684. The highest BCUT2D eigenvalue weighted by atomic mass is 35.5. The largest absolute Gasteiger partial charge is 0.330 e. The molecule has 0 saturated carbocycles. The first-order valence-electron chi connectivity index (χ1n) is 9.13. The number of hydrogen-bond donors (Lipinski definition) is 1. The lowest BCUT2D eigenvalue weighted by molar-refractivity contribution is -0.143. The van der Waals surface area contributed by atoms with Gasteiger partial charge >= 0.3 is 11.8 Å². The van der Waals surface area contributed by atoms with Crippen LogP contribution in [-0.2, 0) is 27.3 Å². The van der Waals surface area contributed by atoms with E-state index in [0.717, 1.165) is 16.8 Å². The third-order valence-electron chi connectivity index (χ3n) is 4.83. The van der Waals surface area contributed by atoms with Crippen LogP contribution in [0.2, 0.25) is 5.02 Å². The summed E-state index contributed by atoms with van der Waals surface area (Å²) in [5.41, 5.74) is 3.25. The SMILES string of the molecule is CCN(Cc1ccc(Cl)cc1)C(=O)C(=O)Nc1ccc2c(c1)CCC(=O)N2C. The fraction of sp³-hybridized carbons (Fsp3) is 0.286. The van der Waals surface area contributed by atoms with Crippen LogP contribution in [0.3, 0.4) is 0 Å². The van der Waals surface area contributed by atoms with Crippen molar-refractivity contribution in [3.8, 4) is 0 Å². The second kappa shape index (κ2) is 8.44. The summed E-state index contributed by atoms with van der Waals surface area (Å²) in [5, 5.41) is 3.29. The number of benzene rings is 2. The first kappa shape index (κ1) is 19.9. The number of hydrogen-bond acceptors (Lipinski definition) is 3. The summed E-state index contributed by atoms with van der Waals surface area (Å²) < 4.78 is 0. The highest BCUT2D eigenvalue weighted by Crippen LogP contribution is 2.29. The summed E-state index contributed by atoms with van der Waals surface area (Å²) in [6, 6.07) is 12.5. The topological polar surface area (TPSA) is 69.7 Å². The Morgan fingerprint density at radius 2 is 1.86 bits per heavy atom. The van der Waals surface area contributed by atoms with Gasteiger partial charge in [0.05, 0.1) is 0 Å². The molecule has 0 atom stereocenters. The smallest absolute Gasteiger partial charge is 0.313 e. The fourth-order valence-electron chi connectivity index (χ4n) is 3.20. The van der Waals surface area contributed by atoms with Crippen LogP contribution < -0.4 is 10.2 Å². The van der Waals surface area contributed by atoms with Crippen LogP contribution >= 0.6 is 11.6 Å². The quantitative estimate of drug-likeness (QED) is 0.802. The van der Waals surface area contributed by atoms with Crippen molar-refractivity contribution >= 4 is 40.7 Å². The molecule has 6 nitrogen and oxygen atoms in total. The summed E-state index contributed by atoms with van der Waals surface area (Å²) in [6.45, 7) is 2.57. The van der Waals surface area contributed by atoms with Gasteiger partial charge in [-0.05, 0) is 54.8 Å². The van der Waals surface area contributed by atoms with E-state index >= 15 is 0 Å². The summed E-state index contributed by atoms with van der Waals surface area (Å²) in [4.78, 5) is 39.9. The molecule has 0 radical (unpaired) electrons. The van der Waals surface area contributed by atoms with Crippen molar-refractivity contribution in [2.75, 3.05) is 23.8 Å². The van der Waals surface area contributed by atoms with Crippen molar-refractivity contribution < 1.29 is 14.4 Å². The molecule has 1 heterocycles. The molecule has 146 valence electrons. The monoisotopic (exact) mass is 399 g/mol. The van der Waals surface area contributed by atoms with Crippen molar-refractivity contribution in [1.82, 2.24) is 4.90 Å². The molecule has 2 aromatic carbocycles. The van der Waals surface area contributed by atoms with Crippen LogP contribution in [-0.4, -0.2) is 36.2 Å². The lowest BCUT2D eigenvalue weighted by atomic mass is 10.0. The highest BCUT2D eigenvalue weighted by molar-refractivity contribution is 6.39. The lowest BCUT2D eigenvalue weighted by Crippen LogP contribution is -2.39. The minimum absolute atomic E-state index is 0.0697. The van der Waals surface area contributed by atoms with Crippen LogP contribution in [0.1, 0.15) is 24.5 Å². The Kier molecular flexibility index (Phi) is 5.99. The molecule has 2 aromatic rings. The molecule has 28 heavy (non-hydrogen) atoms. The van der Waals surface area contributed by atoms with Gasteiger partial charge in [0.1, 0.15) is 0 Å². The number of amides is 3. The third-order valence-corrected chi connectivity index (χ3v) is 5.08. The first-order chi connectivity index (χ1) is 13.4. The molecule has 3 amide bonds. The Balaban J connectivity index is 1.68. The molecule has 7 heteroatoms. The van der Waals surface area contributed by atoms with Crippen molar-refractivity contribution in [3.05, 3.63) is 58.6 Å². The van der Waals surface area contributed by atoms with Crippen molar-refractivity contribution in [2.45, 2.75) is 26.3 Å². The molecule has 1 N–H and O–H groups in total. The first-order valence-corrected chi connectivity index (χ1v) is 9.51. The predicted molar refractivity (Wildman–Crippen MR) is 109 cm³/mol. The van der Waals surface area contributed by atoms with Gasteiger partial charge < -0.3 is 15.1 Å². The molecule has 1 aliphatic rings. The van der Waals surface area contributed by atoms with Crippen molar-refractivity contribution in [2.24, 2.45) is 0 Å². The third kappa shape index (κ3) is 4.34. The van der Waals surface area contributed by atoms with E-state index in [9.17, 15) is 14.4 Å². The fourth-order valence-corrected chi connectivity index (χ4v) is 3.33. The van der Waals surface area contributed by atoms with Gasteiger partial charge in [-0.3, -0.25) is 14.4 Å². The van der Waals surface area contributed by atoms with Crippen LogP contribution in [0, 0.1) is 0 Å². The Morgan fingerprint density at radius 3 is 2.54 bits per heavy atom. The molecule has 0 saturated heterocycles. The molecule has 0 aromatic heterocycles. The molecule has 0 fully saturated rings. The number of anilines is 2. The number of carbonyl (C=O) groups excluding carboxylic acids is 3. The number of aryl methyl sites for hydroxylation is 1. The van der Waals surface area contributed by atoms with Gasteiger partial charge in [0.25, 0.3) is 0 Å². The second-order valence-electron chi connectivity index (χ2n) is 6.70. The molecule has 0 spiro atoms. The molecular formula is C21H22ClN3O3. The zero-order valence-electron chi connectivity index (χ0n) is 15.9. The Bertz CT molecular complexity index is 912. The molecular weight excluding hydrogens is 378 g/mol. The number of likely N-dealkylation sites (N-methyl/N-ethyl adjacent to an activating group) is 1. The van der Waals surface area contributed by atoms with Crippen LogP contribution in [0.15, 0.2) is 42.5 Å². The van der Waals surface area contributed by atoms with E-state index in [1.807, 2.05) is 25.1 Å². The minimum Gasteiger partial charge on any atom is -0.330 e. The van der Waals surface area contributed by atoms with E-state index in [2.05, 4.69) is 5.32 Å². The normalized spacial score (nSPS) is 13.1. The number of carbonyl (C=O) groups is 3. The number of nitrogens with one attached hydrogen (secondary N) is 1. The van der Waals surface area contributed by atoms with Crippen molar-refractivity contribution in [3.63, 3.8) is 0 Å². The van der Waals surface area contributed by atoms with E-state index in [1.165, 1.54) is 4.90 Å². The standard InChI is InChI=1S/C21H22ClN3O3/c1-3-25(13-14-4-7-16(22)8-5-14)21(28)20(27)23-17-9-10-18-15(12-17)6-11-19(26)24(18)2/h4-5,7-10,12H,3,6,11,13H2,1-2H3,(H,23,27). The van der Waals surface area contributed by atoms with Crippen LogP contribution in [0.5, 0.6) is 0 Å². The Hall–Kier alpha value is -2.86. The van der Waals surface area contributed by atoms with Gasteiger partial charge in [0.2, 0.25) is 5.91 Å². The number of fused-ring (bicyclic) bond motifs is 1. The number of rotatable bonds is 4. The molecule has 0 unspecified atom stereocenters. The highest BCUT2D eigenvalue weighted by Gasteiger charge is 2.23. The lowest BCUT2D eigenvalue weighted by Gasteiger charge is -2.26. The number of nitrogens with zero attached hydrogens (tertiary/aromatic N) is 2. The Morgan fingerprint density at radius 1 is 1.14 bits per heavy atom. The maximum absolute atomic E-state index is 12.6. The molecule has 0 bridgehead atoms. The van der Waals surface area contributed by atoms with Crippen molar-refractivity contribution in [1.29, 1.82) is 0 Å². The number of halogens is 1. The maximum atomic E-state index is 12.6. The van der Waals surface area contributed by atoms with Crippen LogP contribution in [0.4, 0.5) is 11.4 Å². The second-order valence-corrected chi connectivity index (χ2v) is 7.13. The van der Waals surface area contributed by atoms with Gasteiger partial charge in [-0.1, -0.05) is 23.7 Å². The van der Waals surface area contributed by atoms with E-state index in [4.69, 9.17) is 11.6 Å². The zero-order chi connectivity index (χ0) is 20.3. The molecule has 0 aliphatic carbocycles. The molecule has 3 rings (SSSR count). The Labute approximate surface area is 169 Å². The van der Waals surface area contributed by atoms with Crippen LogP contribution in [0.25, 0.3) is 0 Å². The van der Waals surface area contributed by atoms with Gasteiger partial charge in [0, 0.05) is 43.0 Å². The summed E-state index contributed by atoms with van der Waals surface area (Å²) in [5.74, 6) is -1.21. The van der Waals surface area contributed by atoms with Gasteiger partial charge in [0.15, 0.2) is 0 Å². The average Bonchev–Trinajstić information content (AvgIpc) is 2.70. The zero-order valence-corrected chi connectivity index (χ0v) is 16.6. The van der Waals surface area contributed by atoms with E-state index < -0.39 is 11.8 Å². The maximum Gasteiger partial charge on any atom is 0.313 e. The summed E-state index contributed by atoms with van der Waals surface area (Å²) >= 11 is 5.89.